The monoisotopic (exact) mass is 320 g/mol. The molecular formula is C19H25ClO2. The van der Waals surface area contributed by atoms with Crippen LogP contribution in [0.4, 0.5) is 0 Å². The standard InChI is InChI=1S/C19H25ClO2/c1-2-3-4-5-6-7-8-13-22-19-12-11-18(21)16-10-9-15(20)14-17(16)19/h9-12,14,21H,2-8,13H2,1H3. The molecule has 2 rings (SSSR count). The molecule has 0 unspecified atom stereocenters. The van der Waals surface area contributed by atoms with Crippen LogP contribution in [0.1, 0.15) is 51.9 Å². The van der Waals surface area contributed by atoms with Crippen LogP contribution in [-0.2, 0) is 0 Å². The Bertz CT molecular complexity index is 595. The molecule has 0 saturated carbocycles. The highest BCUT2D eigenvalue weighted by Gasteiger charge is 2.07. The SMILES string of the molecule is CCCCCCCCCOc1ccc(O)c2ccc(Cl)cc12. The lowest BCUT2D eigenvalue weighted by Crippen LogP contribution is -1.98. The molecule has 22 heavy (non-hydrogen) atoms. The summed E-state index contributed by atoms with van der Waals surface area (Å²) in [6.45, 7) is 2.95. The Morgan fingerprint density at radius 1 is 0.909 bits per heavy atom. The predicted molar refractivity (Wildman–Crippen MR) is 94.1 cm³/mol. The van der Waals surface area contributed by atoms with Gasteiger partial charge in [-0.2, -0.15) is 0 Å². The minimum atomic E-state index is 0.259. The minimum Gasteiger partial charge on any atom is -0.507 e. The molecule has 0 aliphatic carbocycles. The van der Waals surface area contributed by atoms with Gasteiger partial charge in [0.15, 0.2) is 0 Å². The van der Waals surface area contributed by atoms with E-state index >= 15 is 0 Å². The van der Waals surface area contributed by atoms with Gasteiger partial charge in [-0.15, -0.1) is 0 Å². The highest BCUT2D eigenvalue weighted by Crippen LogP contribution is 2.34. The number of benzene rings is 2. The van der Waals surface area contributed by atoms with E-state index in [0.717, 1.165) is 22.9 Å². The summed E-state index contributed by atoms with van der Waals surface area (Å²) in [6.07, 6.45) is 8.86. The number of phenols is 1. The number of aromatic hydroxyl groups is 1. The van der Waals surface area contributed by atoms with Crippen LogP contribution in [0.3, 0.4) is 0 Å². The van der Waals surface area contributed by atoms with E-state index in [-0.39, 0.29) is 5.75 Å². The van der Waals surface area contributed by atoms with Crippen LogP contribution in [0.2, 0.25) is 5.02 Å². The van der Waals surface area contributed by atoms with Crippen LogP contribution in [0.25, 0.3) is 10.8 Å². The summed E-state index contributed by atoms with van der Waals surface area (Å²) in [5, 5.41) is 12.2. The topological polar surface area (TPSA) is 29.5 Å². The number of hydrogen-bond acceptors (Lipinski definition) is 2. The molecule has 3 heteroatoms. The first-order valence-electron chi connectivity index (χ1n) is 8.26. The third-order valence-corrected chi connectivity index (χ3v) is 4.16. The Balaban J connectivity index is 1.84. The molecule has 1 N–H and O–H groups in total. The summed E-state index contributed by atoms with van der Waals surface area (Å²) in [6, 6.07) is 8.94. The highest BCUT2D eigenvalue weighted by atomic mass is 35.5. The second-order valence-electron chi connectivity index (χ2n) is 5.74. The fourth-order valence-corrected chi connectivity index (χ4v) is 2.82. The van der Waals surface area contributed by atoms with Crippen molar-refractivity contribution < 1.29 is 9.84 Å². The Morgan fingerprint density at radius 3 is 2.41 bits per heavy atom. The molecule has 0 amide bonds. The summed E-state index contributed by atoms with van der Waals surface area (Å²) in [5.74, 6) is 1.05. The van der Waals surface area contributed by atoms with E-state index < -0.39 is 0 Å². The van der Waals surface area contributed by atoms with Crippen molar-refractivity contribution in [3.63, 3.8) is 0 Å². The van der Waals surface area contributed by atoms with Crippen molar-refractivity contribution in [1.29, 1.82) is 0 Å². The first kappa shape index (κ1) is 17.0. The number of hydrogen-bond donors (Lipinski definition) is 1. The number of ether oxygens (including phenoxy) is 1. The molecule has 0 aliphatic heterocycles. The van der Waals surface area contributed by atoms with Gasteiger partial charge in [-0.3, -0.25) is 0 Å². The van der Waals surface area contributed by atoms with E-state index in [2.05, 4.69) is 6.92 Å². The molecule has 2 nitrogen and oxygen atoms in total. The van der Waals surface area contributed by atoms with Gasteiger partial charge in [-0.1, -0.05) is 57.0 Å². The van der Waals surface area contributed by atoms with Crippen molar-refractivity contribution in [1.82, 2.24) is 0 Å². The molecular weight excluding hydrogens is 296 g/mol. The van der Waals surface area contributed by atoms with Gasteiger partial charge in [0.25, 0.3) is 0 Å². The summed E-state index contributed by atoms with van der Waals surface area (Å²) in [5.41, 5.74) is 0. The lowest BCUT2D eigenvalue weighted by molar-refractivity contribution is 0.307. The van der Waals surface area contributed by atoms with Crippen LogP contribution in [-0.4, -0.2) is 11.7 Å². The number of rotatable bonds is 9. The second-order valence-corrected chi connectivity index (χ2v) is 6.18. The van der Waals surface area contributed by atoms with Crippen molar-refractivity contribution in [2.45, 2.75) is 51.9 Å². The Hall–Kier alpha value is -1.41. The van der Waals surface area contributed by atoms with Crippen LogP contribution in [0, 0.1) is 0 Å². The van der Waals surface area contributed by atoms with Gasteiger partial charge >= 0.3 is 0 Å². The third kappa shape index (κ3) is 4.81. The average molecular weight is 321 g/mol. The molecule has 0 spiro atoms. The lowest BCUT2D eigenvalue weighted by Gasteiger charge is -2.11. The maximum atomic E-state index is 9.90. The zero-order valence-electron chi connectivity index (χ0n) is 13.3. The van der Waals surface area contributed by atoms with Crippen LogP contribution < -0.4 is 4.74 Å². The summed E-state index contributed by atoms with van der Waals surface area (Å²) >= 11 is 6.05. The van der Waals surface area contributed by atoms with E-state index in [0.29, 0.717) is 11.6 Å². The van der Waals surface area contributed by atoms with Crippen LogP contribution in [0.15, 0.2) is 30.3 Å². The number of fused-ring (bicyclic) bond motifs is 1. The molecule has 120 valence electrons. The molecule has 0 radical (unpaired) electrons. The zero-order chi connectivity index (χ0) is 15.8. The van der Waals surface area contributed by atoms with Crippen LogP contribution >= 0.6 is 11.6 Å². The Labute approximate surface area is 138 Å². The molecule has 0 aromatic heterocycles. The molecule has 0 aliphatic rings. The van der Waals surface area contributed by atoms with Crippen molar-refractivity contribution in [2.75, 3.05) is 6.61 Å². The van der Waals surface area contributed by atoms with E-state index in [1.165, 1.54) is 38.5 Å². The quantitative estimate of drug-likeness (QED) is 0.547. The minimum absolute atomic E-state index is 0.259. The fourth-order valence-electron chi connectivity index (χ4n) is 2.65. The average Bonchev–Trinajstić information content (AvgIpc) is 2.52. The zero-order valence-corrected chi connectivity index (χ0v) is 14.0. The third-order valence-electron chi connectivity index (χ3n) is 3.92. The number of unbranched alkanes of at least 4 members (excludes halogenated alkanes) is 6. The van der Waals surface area contributed by atoms with E-state index in [1.54, 1.807) is 12.1 Å². The maximum absolute atomic E-state index is 9.90. The largest absolute Gasteiger partial charge is 0.507 e. The van der Waals surface area contributed by atoms with Crippen molar-refractivity contribution in [2.24, 2.45) is 0 Å². The van der Waals surface area contributed by atoms with Gasteiger partial charge in [0.2, 0.25) is 0 Å². The smallest absolute Gasteiger partial charge is 0.127 e. The highest BCUT2D eigenvalue weighted by molar-refractivity contribution is 6.31. The second kappa shape index (κ2) is 8.89. The van der Waals surface area contributed by atoms with Gasteiger partial charge < -0.3 is 9.84 Å². The van der Waals surface area contributed by atoms with Crippen LogP contribution in [0.5, 0.6) is 11.5 Å². The summed E-state index contributed by atoms with van der Waals surface area (Å²) in [7, 11) is 0. The molecule has 0 atom stereocenters. The fraction of sp³-hybridized carbons (Fsp3) is 0.474. The maximum Gasteiger partial charge on any atom is 0.127 e. The van der Waals surface area contributed by atoms with Gasteiger partial charge in [0, 0.05) is 15.8 Å². The molecule has 0 fully saturated rings. The number of phenolic OH excluding ortho intramolecular Hbond substituents is 1. The Kier molecular flexibility index (Phi) is 6.85. The van der Waals surface area contributed by atoms with E-state index in [9.17, 15) is 5.11 Å². The van der Waals surface area contributed by atoms with E-state index in [1.807, 2.05) is 18.2 Å². The van der Waals surface area contributed by atoms with Crippen molar-refractivity contribution in [3.05, 3.63) is 35.4 Å². The van der Waals surface area contributed by atoms with Crippen molar-refractivity contribution >= 4 is 22.4 Å². The molecule has 0 heterocycles. The molecule has 0 saturated heterocycles. The Morgan fingerprint density at radius 2 is 1.64 bits per heavy atom. The lowest BCUT2D eigenvalue weighted by atomic mass is 10.1. The first-order chi connectivity index (χ1) is 10.7. The summed E-state index contributed by atoms with van der Waals surface area (Å²) < 4.78 is 5.89. The van der Waals surface area contributed by atoms with Crippen molar-refractivity contribution in [3.8, 4) is 11.5 Å². The van der Waals surface area contributed by atoms with Gasteiger partial charge in [0.1, 0.15) is 11.5 Å². The normalized spacial score (nSPS) is 11.0. The first-order valence-corrected chi connectivity index (χ1v) is 8.64. The van der Waals surface area contributed by atoms with Gasteiger partial charge in [0.05, 0.1) is 6.61 Å². The predicted octanol–water partition coefficient (Wildman–Crippen LogP) is 6.33. The summed E-state index contributed by atoms with van der Waals surface area (Å²) in [4.78, 5) is 0. The molecule has 2 aromatic carbocycles. The number of halogens is 1. The van der Waals surface area contributed by atoms with Gasteiger partial charge in [-0.25, -0.2) is 0 Å². The van der Waals surface area contributed by atoms with Gasteiger partial charge in [-0.05, 0) is 36.8 Å². The molecule has 2 aromatic rings. The molecule has 0 bridgehead atoms. The van der Waals surface area contributed by atoms with E-state index in [4.69, 9.17) is 16.3 Å².